The highest BCUT2D eigenvalue weighted by Gasteiger charge is 2.17. The molecule has 0 saturated carbocycles. The number of nitrogens with one attached hydrogen (secondary N) is 1. The molecule has 21 heavy (non-hydrogen) atoms. The standard InChI is InChI=1S/C18H24ClNO/c1-18(2,3)20-13-14(12-16-8-6-10-21-16)11-15-7-4-5-9-17(15)19/h4-10,14,20H,11-13H2,1-3H3. The second-order valence-corrected chi connectivity index (χ2v) is 6.98. The molecule has 114 valence electrons. The van der Waals surface area contributed by atoms with Crippen LogP contribution in [0.5, 0.6) is 0 Å². The van der Waals surface area contributed by atoms with E-state index in [1.165, 1.54) is 5.56 Å². The lowest BCUT2D eigenvalue weighted by Crippen LogP contribution is -2.40. The van der Waals surface area contributed by atoms with Gasteiger partial charge in [0.1, 0.15) is 5.76 Å². The summed E-state index contributed by atoms with van der Waals surface area (Å²) < 4.78 is 5.50. The van der Waals surface area contributed by atoms with Crippen molar-refractivity contribution in [2.45, 2.75) is 39.2 Å². The Morgan fingerprint density at radius 2 is 1.86 bits per heavy atom. The maximum Gasteiger partial charge on any atom is 0.104 e. The van der Waals surface area contributed by atoms with E-state index in [1.807, 2.05) is 30.3 Å². The first-order valence-electron chi connectivity index (χ1n) is 7.45. The van der Waals surface area contributed by atoms with E-state index >= 15 is 0 Å². The molecule has 0 bridgehead atoms. The Morgan fingerprint density at radius 1 is 1.10 bits per heavy atom. The van der Waals surface area contributed by atoms with Crippen molar-refractivity contribution in [1.82, 2.24) is 5.32 Å². The molecule has 2 rings (SSSR count). The highest BCUT2D eigenvalue weighted by atomic mass is 35.5. The van der Waals surface area contributed by atoms with Gasteiger partial charge in [-0.3, -0.25) is 0 Å². The summed E-state index contributed by atoms with van der Waals surface area (Å²) in [5.74, 6) is 1.48. The molecule has 1 N–H and O–H groups in total. The lowest BCUT2D eigenvalue weighted by Gasteiger charge is -2.25. The summed E-state index contributed by atoms with van der Waals surface area (Å²) in [5.41, 5.74) is 1.31. The minimum absolute atomic E-state index is 0.113. The average molecular weight is 306 g/mol. The van der Waals surface area contributed by atoms with Gasteiger partial charge in [-0.1, -0.05) is 29.8 Å². The number of rotatable bonds is 6. The van der Waals surface area contributed by atoms with Gasteiger partial charge in [0.25, 0.3) is 0 Å². The summed E-state index contributed by atoms with van der Waals surface area (Å²) in [6.45, 7) is 7.50. The van der Waals surface area contributed by atoms with Crippen LogP contribution in [0.25, 0.3) is 0 Å². The van der Waals surface area contributed by atoms with Crippen molar-refractivity contribution in [2.75, 3.05) is 6.54 Å². The molecule has 0 aliphatic rings. The van der Waals surface area contributed by atoms with Gasteiger partial charge in [0.15, 0.2) is 0 Å². The third-order valence-corrected chi connectivity index (χ3v) is 3.83. The fourth-order valence-corrected chi connectivity index (χ4v) is 2.57. The van der Waals surface area contributed by atoms with Crippen LogP contribution in [0.3, 0.4) is 0 Å². The molecule has 1 unspecified atom stereocenters. The average Bonchev–Trinajstić information content (AvgIpc) is 2.90. The van der Waals surface area contributed by atoms with Crippen LogP contribution < -0.4 is 5.32 Å². The highest BCUT2D eigenvalue weighted by Crippen LogP contribution is 2.21. The molecule has 0 fully saturated rings. The number of hydrogen-bond acceptors (Lipinski definition) is 2. The molecule has 0 aliphatic carbocycles. The Morgan fingerprint density at radius 3 is 2.48 bits per heavy atom. The topological polar surface area (TPSA) is 25.2 Å². The van der Waals surface area contributed by atoms with Crippen molar-refractivity contribution in [3.63, 3.8) is 0 Å². The molecule has 3 heteroatoms. The van der Waals surface area contributed by atoms with Gasteiger partial charge in [-0.05, 0) is 63.4 Å². The SMILES string of the molecule is CC(C)(C)NCC(Cc1ccco1)Cc1ccccc1Cl. The van der Waals surface area contributed by atoms with E-state index < -0.39 is 0 Å². The van der Waals surface area contributed by atoms with Crippen molar-refractivity contribution < 1.29 is 4.42 Å². The second kappa shape index (κ2) is 7.15. The molecule has 1 heterocycles. The number of halogens is 1. The van der Waals surface area contributed by atoms with Gasteiger partial charge in [-0.25, -0.2) is 0 Å². The van der Waals surface area contributed by atoms with Crippen LogP contribution in [0.1, 0.15) is 32.1 Å². The minimum atomic E-state index is 0.113. The first-order valence-corrected chi connectivity index (χ1v) is 7.82. The molecule has 1 aromatic heterocycles. The summed E-state index contributed by atoms with van der Waals surface area (Å²) in [6.07, 6.45) is 3.60. The molecular formula is C18H24ClNO. The third kappa shape index (κ3) is 5.56. The monoisotopic (exact) mass is 305 g/mol. The zero-order chi connectivity index (χ0) is 15.3. The lowest BCUT2D eigenvalue weighted by molar-refractivity contribution is 0.352. The van der Waals surface area contributed by atoms with Crippen LogP contribution in [0.2, 0.25) is 5.02 Å². The fourth-order valence-electron chi connectivity index (χ4n) is 2.36. The van der Waals surface area contributed by atoms with Crippen LogP contribution in [-0.2, 0) is 12.8 Å². The third-order valence-electron chi connectivity index (χ3n) is 3.46. The van der Waals surface area contributed by atoms with E-state index in [1.54, 1.807) is 6.26 Å². The first-order chi connectivity index (χ1) is 9.94. The van der Waals surface area contributed by atoms with Crippen LogP contribution in [0.4, 0.5) is 0 Å². The van der Waals surface area contributed by atoms with E-state index in [4.69, 9.17) is 16.0 Å². The molecule has 0 radical (unpaired) electrons. The van der Waals surface area contributed by atoms with Crippen LogP contribution >= 0.6 is 11.6 Å². The number of hydrogen-bond donors (Lipinski definition) is 1. The molecule has 0 saturated heterocycles. The smallest absolute Gasteiger partial charge is 0.104 e. The maximum atomic E-state index is 6.30. The van der Waals surface area contributed by atoms with Crippen LogP contribution in [0, 0.1) is 5.92 Å². The Kier molecular flexibility index (Phi) is 5.49. The normalized spacial score (nSPS) is 13.3. The van der Waals surface area contributed by atoms with Crippen molar-refractivity contribution >= 4 is 11.6 Å². The van der Waals surface area contributed by atoms with Crippen LogP contribution in [0.15, 0.2) is 47.1 Å². The van der Waals surface area contributed by atoms with E-state index in [2.05, 4.69) is 32.2 Å². The zero-order valence-corrected chi connectivity index (χ0v) is 13.8. The molecule has 1 aromatic carbocycles. The second-order valence-electron chi connectivity index (χ2n) is 6.58. The van der Waals surface area contributed by atoms with Crippen LogP contribution in [-0.4, -0.2) is 12.1 Å². The number of benzene rings is 1. The summed E-state index contributed by atoms with van der Waals surface area (Å²) in [5, 5.41) is 4.43. The van der Waals surface area contributed by atoms with Gasteiger partial charge in [-0.15, -0.1) is 0 Å². The zero-order valence-electron chi connectivity index (χ0n) is 13.0. The molecule has 2 aromatic rings. The molecule has 1 atom stereocenters. The minimum Gasteiger partial charge on any atom is -0.469 e. The summed E-state index contributed by atoms with van der Waals surface area (Å²) in [4.78, 5) is 0. The Labute approximate surface area is 132 Å². The van der Waals surface area contributed by atoms with Crippen molar-refractivity contribution in [3.05, 3.63) is 59.0 Å². The fraction of sp³-hybridized carbons (Fsp3) is 0.444. The highest BCUT2D eigenvalue weighted by molar-refractivity contribution is 6.31. The predicted molar refractivity (Wildman–Crippen MR) is 88.8 cm³/mol. The van der Waals surface area contributed by atoms with E-state index in [0.29, 0.717) is 5.92 Å². The van der Waals surface area contributed by atoms with E-state index in [9.17, 15) is 0 Å². The van der Waals surface area contributed by atoms with E-state index in [-0.39, 0.29) is 5.54 Å². The van der Waals surface area contributed by atoms with Gasteiger partial charge in [0.2, 0.25) is 0 Å². The van der Waals surface area contributed by atoms with E-state index in [0.717, 1.165) is 30.2 Å². The Bertz CT molecular complexity index is 543. The number of furan rings is 1. The predicted octanol–water partition coefficient (Wildman–Crippen LogP) is 4.72. The quantitative estimate of drug-likeness (QED) is 0.835. The van der Waals surface area contributed by atoms with Crippen molar-refractivity contribution in [1.29, 1.82) is 0 Å². The summed E-state index contributed by atoms with van der Waals surface area (Å²) >= 11 is 6.30. The molecule has 0 spiro atoms. The Hall–Kier alpha value is -1.25. The lowest BCUT2D eigenvalue weighted by atomic mass is 9.94. The summed E-state index contributed by atoms with van der Waals surface area (Å²) in [7, 11) is 0. The molecule has 2 nitrogen and oxygen atoms in total. The van der Waals surface area contributed by atoms with Crippen molar-refractivity contribution in [2.24, 2.45) is 5.92 Å². The van der Waals surface area contributed by atoms with Gasteiger partial charge >= 0.3 is 0 Å². The summed E-state index contributed by atoms with van der Waals surface area (Å²) in [6, 6.07) is 12.1. The molecule has 0 aliphatic heterocycles. The largest absolute Gasteiger partial charge is 0.469 e. The van der Waals surface area contributed by atoms with Gasteiger partial charge < -0.3 is 9.73 Å². The molecule has 0 amide bonds. The van der Waals surface area contributed by atoms with Crippen molar-refractivity contribution in [3.8, 4) is 0 Å². The van der Waals surface area contributed by atoms with Gasteiger partial charge in [0.05, 0.1) is 6.26 Å². The first kappa shape index (κ1) is 16.1. The Balaban J connectivity index is 2.06. The van der Waals surface area contributed by atoms with Gasteiger partial charge in [-0.2, -0.15) is 0 Å². The van der Waals surface area contributed by atoms with Gasteiger partial charge in [0, 0.05) is 17.0 Å². The maximum absolute atomic E-state index is 6.30. The molecular weight excluding hydrogens is 282 g/mol.